The third kappa shape index (κ3) is 13.0. The number of aromatic amines is 1. The number of H-pyrrole nitrogens is 1. The first-order valence-corrected chi connectivity index (χ1v) is 14.5. The van der Waals surface area contributed by atoms with Crippen LogP contribution in [-0.4, -0.2) is 59.3 Å². The van der Waals surface area contributed by atoms with E-state index >= 15 is 0 Å². The van der Waals surface area contributed by atoms with Crippen LogP contribution >= 0.6 is 11.8 Å². The Morgan fingerprint density at radius 2 is 1.61 bits per heavy atom. The average molecular weight is 577 g/mol. The first-order chi connectivity index (χ1) is 19.9. The van der Waals surface area contributed by atoms with E-state index in [2.05, 4.69) is 59.7 Å². The molecule has 9 heteroatoms. The van der Waals surface area contributed by atoms with Gasteiger partial charge in [0.25, 0.3) is 5.91 Å². The van der Waals surface area contributed by atoms with Crippen molar-refractivity contribution in [1.29, 1.82) is 0 Å². The number of carbonyl (C=O) groups is 3. The molecule has 4 aromatic rings. The van der Waals surface area contributed by atoms with E-state index in [0.717, 1.165) is 28.9 Å². The number of hydrogen-bond acceptors (Lipinski definition) is 6. The zero-order chi connectivity index (χ0) is 30.5. The van der Waals surface area contributed by atoms with E-state index in [0.29, 0.717) is 12.1 Å². The van der Waals surface area contributed by atoms with Gasteiger partial charge in [-0.2, -0.15) is 11.8 Å². The average Bonchev–Trinajstić information content (AvgIpc) is 3.55. The van der Waals surface area contributed by atoms with Gasteiger partial charge in [0.05, 0.1) is 18.6 Å². The van der Waals surface area contributed by atoms with Gasteiger partial charge in [-0.05, 0) is 53.3 Å². The van der Waals surface area contributed by atoms with E-state index in [9.17, 15) is 9.59 Å². The summed E-state index contributed by atoms with van der Waals surface area (Å²) in [5.41, 5.74) is 5.37. The van der Waals surface area contributed by atoms with E-state index in [4.69, 9.17) is 9.90 Å². The van der Waals surface area contributed by atoms with Crippen LogP contribution in [0.25, 0.3) is 11.1 Å². The molecule has 4 rings (SSSR count). The summed E-state index contributed by atoms with van der Waals surface area (Å²) >= 11 is 1.86. The Hall–Kier alpha value is -4.37. The number of benzene rings is 3. The monoisotopic (exact) mass is 576 g/mol. The Balaban J connectivity index is 0.000000496. The Morgan fingerprint density at radius 1 is 1.00 bits per heavy atom. The number of nitrogens with one attached hydrogen (secondary N) is 2. The lowest BCUT2D eigenvalue weighted by Crippen LogP contribution is -2.29. The molecule has 0 unspecified atom stereocenters. The number of aryl methyl sites for hydroxylation is 1. The molecule has 0 atom stereocenters. The summed E-state index contributed by atoms with van der Waals surface area (Å²) in [4.78, 5) is 40.4. The van der Waals surface area contributed by atoms with Crippen LogP contribution in [-0.2, 0) is 22.6 Å². The van der Waals surface area contributed by atoms with Crippen LogP contribution in [0.15, 0.2) is 91.4 Å². The van der Waals surface area contributed by atoms with Crippen molar-refractivity contribution in [2.45, 2.75) is 26.8 Å². The predicted octanol–water partition coefficient (Wildman–Crippen LogP) is 5.96. The molecule has 218 valence electrons. The summed E-state index contributed by atoms with van der Waals surface area (Å²) in [6, 6.07) is 25.5. The highest BCUT2D eigenvalue weighted by Gasteiger charge is 2.16. The first-order valence-electron chi connectivity index (χ1n) is 13.1. The fourth-order valence-corrected chi connectivity index (χ4v) is 3.51. The molecule has 3 aromatic carbocycles. The van der Waals surface area contributed by atoms with Gasteiger partial charge in [0.15, 0.2) is 0 Å². The van der Waals surface area contributed by atoms with Crippen molar-refractivity contribution in [3.63, 3.8) is 0 Å². The van der Waals surface area contributed by atoms with Gasteiger partial charge < -0.3 is 25.1 Å². The number of nitrogens with zero attached hydrogens (tertiary/aromatic N) is 2. The van der Waals surface area contributed by atoms with Crippen LogP contribution < -0.4 is 10.2 Å². The van der Waals surface area contributed by atoms with Crippen molar-refractivity contribution in [1.82, 2.24) is 15.3 Å². The fourth-order valence-electron chi connectivity index (χ4n) is 3.51. The van der Waals surface area contributed by atoms with Gasteiger partial charge in [-0.3, -0.25) is 9.59 Å². The zero-order valence-corrected chi connectivity index (χ0v) is 25.0. The van der Waals surface area contributed by atoms with E-state index in [1.165, 1.54) is 11.3 Å². The van der Waals surface area contributed by atoms with Crippen LogP contribution in [0.5, 0.6) is 0 Å². The number of anilines is 1. The number of amides is 1. The number of hydrogen-bond donors (Lipinski definition) is 3. The molecular formula is C32H40N4O4S. The topological polar surface area (TPSA) is 115 Å². The number of carboxylic acid groups (broad SMARTS) is 1. The number of rotatable bonds is 9. The molecule has 0 saturated carbocycles. The van der Waals surface area contributed by atoms with Crippen LogP contribution in [0, 0.1) is 0 Å². The molecule has 41 heavy (non-hydrogen) atoms. The van der Waals surface area contributed by atoms with Gasteiger partial charge in [0.2, 0.25) is 0 Å². The van der Waals surface area contributed by atoms with Crippen molar-refractivity contribution < 1.29 is 19.5 Å². The molecule has 1 heterocycles. The molecular weight excluding hydrogens is 536 g/mol. The summed E-state index contributed by atoms with van der Waals surface area (Å²) in [6.45, 7) is 6.52. The van der Waals surface area contributed by atoms with E-state index in [1.807, 2.05) is 79.0 Å². The Bertz CT molecular complexity index is 1270. The number of aliphatic carboxylic acids is 1. The highest BCUT2D eigenvalue weighted by Crippen LogP contribution is 2.29. The summed E-state index contributed by atoms with van der Waals surface area (Å²) in [6.07, 6.45) is 6.64. The van der Waals surface area contributed by atoms with Crippen molar-refractivity contribution >= 4 is 36.1 Å². The normalized spacial score (nSPS) is 9.46. The second-order valence-corrected chi connectivity index (χ2v) is 9.68. The highest BCUT2D eigenvalue weighted by molar-refractivity contribution is 7.98. The van der Waals surface area contributed by atoms with Gasteiger partial charge >= 0.3 is 5.97 Å². The Kier molecular flexibility index (Phi) is 17.3. The maximum atomic E-state index is 12.5. The lowest BCUT2D eigenvalue weighted by Gasteiger charge is -2.20. The maximum absolute atomic E-state index is 12.5. The largest absolute Gasteiger partial charge is 0.480 e. The Labute approximate surface area is 247 Å². The van der Waals surface area contributed by atoms with Crippen molar-refractivity contribution in [3.8, 4) is 11.1 Å². The molecule has 0 aliphatic carbocycles. The summed E-state index contributed by atoms with van der Waals surface area (Å²) in [5, 5.41) is 11.2. The molecule has 0 fully saturated rings. The van der Waals surface area contributed by atoms with Crippen molar-refractivity contribution in [2.75, 3.05) is 30.5 Å². The van der Waals surface area contributed by atoms with E-state index in [-0.39, 0.29) is 0 Å². The molecule has 0 aliphatic heterocycles. The summed E-state index contributed by atoms with van der Waals surface area (Å²) in [7, 11) is 1.95. The highest BCUT2D eigenvalue weighted by atomic mass is 32.2. The van der Waals surface area contributed by atoms with E-state index in [1.54, 1.807) is 18.6 Å². The quantitative estimate of drug-likeness (QED) is 0.225. The second kappa shape index (κ2) is 20.5. The van der Waals surface area contributed by atoms with E-state index < -0.39 is 18.4 Å². The molecule has 1 aromatic heterocycles. The summed E-state index contributed by atoms with van der Waals surface area (Å²) < 4.78 is 0. The number of carboxylic acids is 1. The molecule has 0 aliphatic rings. The van der Waals surface area contributed by atoms with Gasteiger partial charge in [-0.1, -0.05) is 74.5 Å². The molecule has 8 nitrogen and oxygen atoms in total. The molecule has 0 bridgehead atoms. The number of thioether (sulfide) groups is 1. The van der Waals surface area contributed by atoms with Crippen LogP contribution in [0.2, 0.25) is 0 Å². The molecule has 3 N–H and O–H groups in total. The third-order valence-corrected chi connectivity index (χ3v) is 6.25. The number of aromatic nitrogens is 2. The minimum absolute atomic E-state index is 0.418. The SMILES string of the molecule is C=O.CCSC.CCc1ccccc1.CN(Cc1cnc[nH]1)c1ccc(C(=O)NCC(=O)O)c(-c2ccccc2)c1. The third-order valence-electron chi connectivity index (χ3n) is 5.68. The standard InChI is InChI=1S/C20H20N4O3.C8H10.C3H8S.CH2O/c1-24(12-15-10-21-13-23-15)16-7-8-17(20(27)22-11-19(25)26)18(9-16)14-5-3-2-4-6-14;1-2-8-6-4-3-5-7-8;1-3-4-2;1-2/h2-10,13H,11-12H2,1H3,(H,21,23)(H,22,27)(H,25,26);3-7H,2H2,1H3;3H2,1-2H3;1H2. The van der Waals surface area contributed by atoms with Crippen LogP contribution in [0.1, 0.15) is 35.5 Å². The van der Waals surface area contributed by atoms with Crippen LogP contribution in [0.4, 0.5) is 5.69 Å². The number of imidazole rings is 1. The smallest absolute Gasteiger partial charge is 0.322 e. The van der Waals surface area contributed by atoms with Crippen molar-refractivity contribution in [3.05, 3.63) is 108 Å². The Morgan fingerprint density at radius 3 is 2.10 bits per heavy atom. The van der Waals surface area contributed by atoms with Gasteiger partial charge in [-0.25, -0.2) is 4.98 Å². The molecule has 0 spiro atoms. The zero-order valence-electron chi connectivity index (χ0n) is 24.2. The predicted molar refractivity (Wildman–Crippen MR) is 170 cm³/mol. The molecule has 1 amide bonds. The minimum Gasteiger partial charge on any atom is -0.480 e. The lowest BCUT2D eigenvalue weighted by molar-refractivity contribution is -0.135. The van der Waals surface area contributed by atoms with Crippen LogP contribution in [0.3, 0.4) is 0 Å². The lowest BCUT2D eigenvalue weighted by atomic mass is 9.98. The van der Waals surface area contributed by atoms with Gasteiger partial charge in [0, 0.05) is 24.5 Å². The van der Waals surface area contributed by atoms with Crippen molar-refractivity contribution in [2.24, 2.45) is 0 Å². The summed E-state index contributed by atoms with van der Waals surface area (Å²) in [5.74, 6) is -0.264. The second-order valence-electron chi connectivity index (χ2n) is 8.52. The first kappa shape index (κ1) is 34.7. The molecule has 0 saturated heterocycles. The fraction of sp³-hybridized carbons (Fsp3) is 0.250. The minimum atomic E-state index is -1.08. The van der Waals surface area contributed by atoms with Gasteiger partial charge in [0.1, 0.15) is 13.3 Å². The van der Waals surface area contributed by atoms with Gasteiger partial charge in [-0.15, -0.1) is 0 Å². The maximum Gasteiger partial charge on any atom is 0.322 e. The molecule has 0 radical (unpaired) electrons. The number of carbonyl (C=O) groups excluding carboxylic acids is 2.